The van der Waals surface area contributed by atoms with E-state index < -0.39 is 16.6 Å². The highest BCUT2D eigenvalue weighted by Gasteiger charge is 2.22. The van der Waals surface area contributed by atoms with E-state index >= 15 is 0 Å². The first kappa shape index (κ1) is 15.1. The molecule has 104 valence electrons. The van der Waals surface area contributed by atoms with E-state index in [0.717, 1.165) is 6.42 Å². The van der Waals surface area contributed by atoms with Crippen molar-refractivity contribution in [2.24, 2.45) is 0 Å². The van der Waals surface area contributed by atoms with Crippen LogP contribution in [0.3, 0.4) is 0 Å². The topological polar surface area (TPSA) is 113 Å². The molecule has 1 rings (SSSR count). The number of nitrogens with zero attached hydrogens (tertiary/aromatic N) is 1. The predicted octanol–water partition coefficient (Wildman–Crippen LogP) is 1.16. The van der Waals surface area contributed by atoms with Gasteiger partial charge in [0.2, 0.25) is 0 Å². The van der Waals surface area contributed by atoms with Gasteiger partial charge in [-0.25, -0.2) is 4.79 Å². The monoisotopic (exact) mass is 268 g/mol. The maximum Gasteiger partial charge on any atom is 0.343 e. The van der Waals surface area contributed by atoms with Gasteiger partial charge in [0.15, 0.2) is 0 Å². The molecule has 3 N–H and O–H groups in total. The van der Waals surface area contributed by atoms with Crippen LogP contribution >= 0.6 is 0 Å². The number of unbranched alkanes of at least 4 members (excludes halogenated alkanes) is 1. The second kappa shape index (κ2) is 7.45. The molecule has 0 aromatic heterocycles. The molecule has 0 radical (unpaired) electrons. The molecule has 0 fully saturated rings. The number of carbonyl (C=O) groups is 1. The third kappa shape index (κ3) is 4.31. The molecule has 19 heavy (non-hydrogen) atoms. The maximum absolute atomic E-state index is 11.1. The van der Waals surface area contributed by atoms with Crippen molar-refractivity contribution < 1.29 is 19.9 Å². The molecule has 0 aliphatic carbocycles. The van der Waals surface area contributed by atoms with Gasteiger partial charge in [0.25, 0.3) is 5.69 Å². The van der Waals surface area contributed by atoms with Crippen molar-refractivity contribution in [2.45, 2.75) is 19.4 Å². The van der Waals surface area contributed by atoms with Gasteiger partial charge in [-0.2, -0.15) is 0 Å². The van der Waals surface area contributed by atoms with E-state index in [1.807, 2.05) is 0 Å². The number of carboxylic acids is 1. The summed E-state index contributed by atoms with van der Waals surface area (Å²) in [5.41, 5.74) is -0.296. The van der Waals surface area contributed by atoms with E-state index in [1.54, 1.807) is 6.07 Å². The van der Waals surface area contributed by atoms with Crippen molar-refractivity contribution in [1.82, 2.24) is 5.32 Å². The second-order valence-corrected chi connectivity index (χ2v) is 3.98. The normalized spacial score (nSPS) is 10.4. The number of nitro benzene ring substituents is 1. The van der Waals surface area contributed by atoms with E-state index in [0.29, 0.717) is 18.5 Å². The summed E-state index contributed by atoms with van der Waals surface area (Å²) in [5, 5.41) is 31.5. The summed E-state index contributed by atoms with van der Waals surface area (Å²) < 4.78 is 0. The lowest BCUT2D eigenvalue weighted by Gasteiger charge is -2.08. The quantitative estimate of drug-likeness (QED) is 0.370. The summed E-state index contributed by atoms with van der Waals surface area (Å²) in [5.74, 6) is -1.31. The minimum absolute atomic E-state index is 0.110. The third-order valence-corrected chi connectivity index (χ3v) is 2.62. The number of hydrogen-bond acceptors (Lipinski definition) is 5. The smallest absolute Gasteiger partial charge is 0.343 e. The molecule has 0 heterocycles. The summed E-state index contributed by atoms with van der Waals surface area (Å²) in [6, 6.07) is 4.20. The Bertz CT molecular complexity index is 461. The Balaban J connectivity index is 2.80. The summed E-state index contributed by atoms with van der Waals surface area (Å²) in [7, 11) is 0. The minimum Gasteiger partial charge on any atom is -0.477 e. The lowest BCUT2D eigenvalue weighted by atomic mass is 10.1. The van der Waals surface area contributed by atoms with Gasteiger partial charge in [-0.15, -0.1) is 0 Å². The number of aromatic carboxylic acids is 1. The highest BCUT2D eigenvalue weighted by atomic mass is 16.6. The van der Waals surface area contributed by atoms with Gasteiger partial charge in [-0.05, 0) is 24.9 Å². The summed E-state index contributed by atoms with van der Waals surface area (Å²) in [6.45, 7) is 0.968. The van der Waals surface area contributed by atoms with Gasteiger partial charge in [-0.1, -0.05) is 12.1 Å². The lowest BCUT2D eigenvalue weighted by molar-refractivity contribution is -0.385. The van der Waals surface area contributed by atoms with Gasteiger partial charge in [0.1, 0.15) is 5.56 Å². The summed E-state index contributed by atoms with van der Waals surface area (Å²) in [4.78, 5) is 21.2. The van der Waals surface area contributed by atoms with Crippen molar-refractivity contribution in [3.63, 3.8) is 0 Å². The van der Waals surface area contributed by atoms with Crippen LogP contribution in [-0.4, -0.2) is 34.3 Å². The second-order valence-electron chi connectivity index (χ2n) is 3.98. The first-order valence-corrected chi connectivity index (χ1v) is 5.89. The number of rotatable bonds is 8. The molecule has 0 aliphatic heterocycles. The predicted molar refractivity (Wildman–Crippen MR) is 68.1 cm³/mol. The summed E-state index contributed by atoms with van der Waals surface area (Å²) >= 11 is 0. The highest BCUT2D eigenvalue weighted by Crippen LogP contribution is 2.22. The van der Waals surface area contributed by atoms with Crippen molar-refractivity contribution in [3.05, 3.63) is 39.4 Å². The Morgan fingerprint density at radius 1 is 1.37 bits per heavy atom. The number of nitrogens with one attached hydrogen (secondary N) is 1. The summed E-state index contributed by atoms with van der Waals surface area (Å²) in [6.07, 6.45) is 1.42. The molecule has 1 aromatic rings. The standard InChI is InChI=1S/C12H16N2O5/c15-7-2-1-6-13-8-9-4-3-5-10(14(18)19)11(9)12(16)17/h3-5,13,15H,1-2,6-8H2,(H,16,17). The van der Waals surface area contributed by atoms with Crippen LogP contribution < -0.4 is 5.32 Å². The molecule has 0 spiro atoms. The SMILES string of the molecule is O=C(O)c1c(CNCCCCO)cccc1[N+](=O)[O-]. The van der Waals surface area contributed by atoms with Crippen LogP contribution in [0.15, 0.2) is 18.2 Å². The van der Waals surface area contributed by atoms with Crippen molar-refractivity contribution in [3.8, 4) is 0 Å². The molecular weight excluding hydrogens is 252 g/mol. The van der Waals surface area contributed by atoms with Crippen LogP contribution in [0.1, 0.15) is 28.8 Å². The molecule has 0 saturated carbocycles. The fourth-order valence-corrected chi connectivity index (χ4v) is 1.72. The fraction of sp³-hybridized carbons (Fsp3) is 0.417. The highest BCUT2D eigenvalue weighted by molar-refractivity contribution is 5.94. The largest absolute Gasteiger partial charge is 0.477 e. The van der Waals surface area contributed by atoms with Crippen LogP contribution in [0, 0.1) is 10.1 Å². The number of hydrogen-bond donors (Lipinski definition) is 3. The van der Waals surface area contributed by atoms with Gasteiger partial charge in [-0.3, -0.25) is 10.1 Å². The zero-order chi connectivity index (χ0) is 14.3. The zero-order valence-corrected chi connectivity index (χ0v) is 10.3. The van der Waals surface area contributed by atoms with E-state index in [4.69, 9.17) is 10.2 Å². The minimum atomic E-state index is -1.31. The first-order valence-electron chi connectivity index (χ1n) is 5.89. The Labute approximate surface area is 110 Å². The van der Waals surface area contributed by atoms with E-state index in [1.165, 1.54) is 12.1 Å². The number of aliphatic hydroxyl groups is 1. The van der Waals surface area contributed by atoms with Crippen LogP contribution in [0.2, 0.25) is 0 Å². The number of aliphatic hydroxyl groups excluding tert-OH is 1. The van der Waals surface area contributed by atoms with Gasteiger partial charge in [0.05, 0.1) is 4.92 Å². The number of carboxylic acid groups (broad SMARTS) is 1. The lowest BCUT2D eigenvalue weighted by Crippen LogP contribution is -2.18. The average molecular weight is 268 g/mol. The third-order valence-electron chi connectivity index (χ3n) is 2.62. The average Bonchev–Trinajstić information content (AvgIpc) is 2.37. The van der Waals surface area contributed by atoms with E-state index in [9.17, 15) is 14.9 Å². The fourth-order valence-electron chi connectivity index (χ4n) is 1.72. The van der Waals surface area contributed by atoms with Gasteiger partial charge in [0, 0.05) is 19.2 Å². The number of benzene rings is 1. The van der Waals surface area contributed by atoms with Crippen LogP contribution in [0.4, 0.5) is 5.69 Å². The first-order chi connectivity index (χ1) is 9.07. The molecule has 0 bridgehead atoms. The zero-order valence-electron chi connectivity index (χ0n) is 10.3. The van der Waals surface area contributed by atoms with Crippen molar-refractivity contribution in [1.29, 1.82) is 0 Å². The molecular formula is C12H16N2O5. The maximum atomic E-state index is 11.1. The molecule has 0 aliphatic rings. The molecule has 0 amide bonds. The molecule has 0 atom stereocenters. The Kier molecular flexibility index (Phi) is 5.91. The van der Waals surface area contributed by atoms with Crippen LogP contribution in [-0.2, 0) is 6.54 Å². The molecule has 0 saturated heterocycles. The Morgan fingerprint density at radius 3 is 2.68 bits per heavy atom. The Morgan fingerprint density at radius 2 is 2.11 bits per heavy atom. The van der Waals surface area contributed by atoms with Gasteiger partial charge >= 0.3 is 5.97 Å². The van der Waals surface area contributed by atoms with Crippen molar-refractivity contribution >= 4 is 11.7 Å². The van der Waals surface area contributed by atoms with Crippen LogP contribution in [0.25, 0.3) is 0 Å². The van der Waals surface area contributed by atoms with E-state index in [2.05, 4.69) is 5.32 Å². The number of nitro groups is 1. The Hall–Kier alpha value is -1.99. The molecule has 0 unspecified atom stereocenters. The van der Waals surface area contributed by atoms with Crippen LogP contribution in [0.5, 0.6) is 0 Å². The van der Waals surface area contributed by atoms with Crippen molar-refractivity contribution in [2.75, 3.05) is 13.2 Å². The molecule has 1 aromatic carbocycles. The van der Waals surface area contributed by atoms with E-state index in [-0.39, 0.29) is 18.7 Å². The van der Waals surface area contributed by atoms with Gasteiger partial charge < -0.3 is 15.5 Å². The molecule has 7 nitrogen and oxygen atoms in total. The molecule has 7 heteroatoms.